The van der Waals surface area contributed by atoms with Crippen LogP contribution in [0.25, 0.3) is 0 Å². The van der Waals surface area contributed by atoms with Crippen LogP contribution in [0.4, 0.5) is 0 Å². The number of nitrogens with two attached hydrogens (primary N) is 1. The number of rotatable bonds is 5. The minimum Gasteiger partial charge on any atom is -0.484 e. The molecule has 0 radical (unpaired) electrons. The van der Waals surface area contributed by atoms with Crippen molar-refractivity contribution in [3.63, 3.8) is 0 Å². The van der Waals surface area contributed by atoms with Gasteiger partial charge in [-0.3, -0.25) is 4.79 Å². The van der Waals surface area contributed by atoms with Gasteiger partial charge in [-0.2, -0.15) is 0 Å². The zero-order valence-electron chi connectivity index (χ0n) is 13.2. The largest absolute Gasteiger partial charge is 0.484 e. The van der Waals surface area contributed by atoms with Crippen LogP contribution in [0.15, 0.2) is 18.2 Å². The van der Waals surface area contributed by atoms with Crippen LogP contribution in [0.3, 0.4) is 0 Å². The van der Waals surface area contributed by atoms with E-state index in [1.165, 1.54) is 5.56 Å². The van der Waals surface area contributed by atoms with E-state index in [0.717, 1.165) is 30.6 Å². The van der Waals surface area contributed by atoms with Gasteiger partial charge in [0.25, 0.3) is 5.91 Å². The lowest BCUT2D eigenvalue weighted by Crippen LogP contribution is -2.38. The van der Waals surface area contributed by atoms with Gasteiger partial charge < -0.3 is 15.8 Å². The Hall–Kier alpha value is -1.55. The molecule has 1 aromatic rings. The molecule has 3 N–H and O–H groups in total. The molecule has 0 fully saturated rings. The molecule has 1 amide bonds. The summed E-state index contributed by atoms with van der Waals surface area (Å²) in [5, 5.41) is 2.93. The molecular weight excluding hydrogens is 264 g/mol. The van der Waals surface area contributed by atoms with Crippen LogP contribution >= 0.6 is 0 Å². The van der Waals surface area contributed by atoms with Gasteiger partial charge in [-0.25, -0.2) is 0 Å². The fourth-order valence-corrected chi connectivity index (χ4v) is 2.51. The summed E-state index contributed by atoms with van der Waals surface area (Å²) in [4.78, 5) is 11.8. The van der Waals surface area contributed by atoms with Gasteiger partial charge in [0.2, 0.25) is 0 Å². The van der Waals surface area contributed by atoms with Gasteiger partial charge in [-0.05, 0) is 55.4 Å². The molecule has 0 heterocycles. The molecule has 21 heavy (non-hydrogen) atoms. The maximum Gasteiger partial charge on any atom is 0.258 e. The molecule has 0 bridgehead atoms. The van der Waals surface area contributed by atoms with Crippen LogP contribution < -0.4 is 15.8 Å². The summed E-state index contributed by atoms with van der Waals surface area (Å²) in [7, 11) is 0. The van der Waals surface area contributed by atoms with E-state index in [1.54, 1.807) is 0 Å². The maximum absolute atomic E-state index is 11.8. The first-order chi connectivity index (χ1) is 9.97. The lowest BCUT2D eigenvalue weighted by Gasteiger charge is -2.23. The molecule has 2 atom stereocenters. The SMILES string of the molecule is CC(C)C(C)NC(=O)COc1ccc2c(c1)C(N)CCC2. The summed E-state index contributed by atoms with van der Waals surface area (Å²) >= 11 is 0. The zero-order chi connectivity index (χ0) is 15.4. The fraction of sp³-hybridized carbons (Fsp3) is 0.588. The average Bonchev–Trinajstić information content (AvgIpc) is 2.45. The quantitative estimate of drug-likeness (QED) is 0.876. The Labute approximate surface area is 127 Å². The Morgan fingerprint density at radius 2 is 2.19 bits per heavy atom. The molecule has 0 aromatic heterocycles. The lowest BCUT2D eigenvalue weighted by molar-refractivity contribution is -0.124. The van der Waals surface area contributed by atoms with E-state index in [2.05, 4.69) is 25.2 Å². The third-order valence-electron chi connectivity index (χ3n) is 4.24. The highest BCUT2D eigenvalue weighted by Crippen LogP contribution is 2.30. The molecular formula is C17H26N2O2. The van der Waals surface area contributed by atoms with E-state index in [4.69, 9.17) is 10.5 Å². The standard InChI is InChI=1S/C17H26N2O2/c1-11(2)12(3)19-17(20)10-21-14-8-7-13-5-4-6-16(18)15(13)9-14/h7-9,11-12,16H,4-6,10,18H2,1-3H3,(H,19,20). The number of nitrogens with one attached hydrogen (secondary N) is 1. The average molecular weight is 290 g/mol. The molecule has 1 aliphatic carbocycles. The van der Waals surface area contributed by atoms with Gasteiger partial charge in [0.15, 0.2) is 6.61 Å². The highest BCUT2D eigenvalue weighted by molar-refractivity contribution is 5.77. The monoisotopic (exact) mass is 290 g/mol. The molecule has 0 saturated carbocycles. The van der Waals surface area contributed by atoms with Crippen molar-refractivity contribution in [1.29, 1.82) is 0 Å². The first-order valence-corrected chi connectivity index (χ1v) is 7.78. The number of amides is 1. The van der Waals surface area contributed by atoms with E-state index in [0.29, 0.717) is 5.92 Å². The molecule has 1 aliphatic rings. The summed E-state index contributed by atoms with van der Waals surface area (Å²) in [6, 6.07) is 6.22. The van der Waals surface area contributed by atoms with E-state index >= 15 is 0 Å². The van der Waals surface area contributed by atoms with Crippen molar-refractivity contribution in [3.05, 3.63) is 29.3 Å². The number of ether oxygens (including phenoxy) is 1. The molecule has 0 saturated heterocycles. The zero-order valence-corrected chi connectivity index (χ0v) is 13.2. The van der Waals surface area contributed by atoms with Crippen LogP contribution in [-0.2, 0) is 11.2 Å². The van der Waals surface area contributed by atoms with Crippen molar-refractivity contribution in [3.8, 4) is 5.75 Å². The summed E-state index contributed by atoms with van der Waals surface area (Å²) < 4.78 is 5.60. The second-order valence-corrected chi connectivity index (χ2v) is 6.25. The van der Waals surface area contributed by atoms with Crippen LogP contribution in [0.5, 0.6) is 5.75 Å². The van der Waals surface area contributed by atoms with Crippen molar-refractivity contribution in [2.75, 3.05) is 6.61 Å². The molecule has 0 spiro atoms. The fourth-order valence-electron chi connectivity index (χ4n) is 2.51. The van der Waals surface area contributed by atoms with Crippen molar-refractivity contribution in [2.45, 2.75) is 52.1 Å². The molecule has 1 aromatic carbocycles. The van der Waals surface area contributed by atoms with Crippen LogP contribution in [0.1, 0.15) is 50.8 Å². The van der Waals surface area contributed by atoms with Gasteiger partial charge in [-0.1, -0.05) is 19.9 Å². The Kier molecular flexibility index (Phi) is 5.23. The predicted octanol–water partition coefficient (Wildman–Crippen LogP) is 2.56. The lowest BCUT2D eigenvalue weighted by atomic mass is 9.88. The molecule has 4 heteroatoms. The summed E-state index contributed by atoms with van der Waals surface area (Å²) in [6.07, 6.45) is 3.24. The normalized spacial score (nSPS) is 19.0. The predicted molar refractivity (Wildman–Crippen MR) is 84.2 cm³/mol. The summed E-state index contributed by atoms with van der Waals surface area (Å²) in [6.45, 7) is 6.21. The van der Waals surface area contributed by atoms with E-state index in [1.807, 2.05) is 19.1 Å². The number of benzene rings is 1. The molecule has 2 rings (SSSR count). The Morgan fingerprint density at radius 3 is 2.90 bits per heavy atom. The van der Waals surface area contributed by atoms with E-state index in [-0.39, 0.29) is 24.6 Å². The number of carbonyl (C=O) groups excluding carboxylic acids is 1. The number of aryl methyl sites for hydroxylation is 1. The maximum atomic E-state index is 11.8. The Bertz CT molecular complexity index is 500. The van der Waals surface area contributed by atoms with Crippen molar-refractivity contribution in [1.82, 2.24) is 5.32 Å². The van der Waals surface area contributed by atoms with Gasteiger partial charge >= 0.3 is 0 Å². The highest BCUT2D eigenvalue weighted by atomic mass is 16.5. The van der Waals surface area contributed by atoms with Gasteiger partial charge in [0.1, 0.15) is 5.75 Å². The second-order valence-electron chi connectivity index (χ2n) is 6.25. The van der Waals surface area contributed by atoms with Crippen molar-refractivity contribution >= 4 is 5.91 Å². The molecule has 0 aliphatic heterocycles. The van der Waals surface area contributed by atoms with Crippen molar-refractivity contribution < 1.29 is 9.53 Å². The van der Waals surface area contributed by atoms with Gasteiger partial charge in [-0.15, -0.1) is 0 Å². The first-order valence-electron chi connectivity index (χ1n) is 7.78. The second kappa shape index (κ2) is 6.94. The van der Waals surface area contributed by atoms with Crippen LogP contribution in [0, 0.1) is 5.92 Å². The number of hydrogen-bond donors (Lipinski definition) is 2. The van der Waals surface area contributed by atoms with Gasteiger partial charge in [0, 0.05) is 12.1 Å². The van der Waals surface area contributed by atoms with Gasteiger partial charge in [0.05, 0.1) is 0 Å². The summed E-state index contributed by atoms with van der Waals surface area (Å²) in [5.74, 6) is 1.05. The Balaban J connectivity index is 1.92. The molecule has 2 unspecified atom stereocenters. The number of carbonyl (C=O) groups is 1. The summed E-state index contributed by atoms with van der Waals surface area (Å²) in [5.41, 5.74) is 8.60. The Morgan fingerprint density at radius 1 is 1.43 bits per heavy atom. The van der Waals surface area contributed by atoms with Crippen LogP contribution in [0.2, 0.25) is 0 Å². The topological polar surface area (TPSA) is 64.3 Å². The minimum absolute atomic E-state index is 0.0467. The van der Waals surface area contributed by atoms with Crippen LogP contribution in [-0.4, -0.2) is 18.6 Å². The smallest absolute Gasteiger partial charge is 0.258 e. The van der Waals surface area contributed by atoms with E-state index < -0.39 is 0 Å². The minimum atomic E-state index is -0.0850. The van der Waals surface area contributed by atoms with E-state index in [9.17, 15) is 4.79 Å². The number of fused-ring (bicyclic) bond motifs is 1. The third kappa shape index (κ3) is 4.21. The first kappa shape index (κ1) is 15.8. The molecule has 116 valence electrons. The molecule has 4 nitrogen and oxygen atoms in total. The van der Waals surface area contributed by atoms with Crippen molar-refractivity contribution in [2.24, 2.45) is 11.7 Å². The number of hydrogen-bond acceptors (Lipinski definition) is 3. The third-order valence-corrected chi connectivity index (χ3v) is 4.24. The highest BCUT2D eigenvalue weighted by Gasteiger charge is 2.17.